The molecule has 1 fully saturated rings. The smallest absolute Gasteiger partial charge is 0.181 e. The first-order chi connectivity index (χ1) is 6.26. The van der Waals surface area contributed by atoms with Crippen LogP contribution in [0.2, 0.25) is 0 Å². The Balaban J connectivity index is 2.21. The molecule has 0 radical (unpaired) electrons. The number of aliphatic hydroxyl groups is 1. The molecule has 3 unspecified atom stereocenters. The molecule has 0 spiro atoms. The third-order valence-corrected chi connectivity index (χ3v) is 2.04. The fourth-order valence-corrected chi connectivity index (χ4v) is 1.14. The second-order valence-corrected chi connectivity index (χ2v) is 3.26. The van der Waals surface area contributed by atoms with Crippen molar-refractivity contribution in [3.8, 4) is 0 Å². The van der Waals surface area contributed by atoms with Crippen LogP contribution in [-0.2, 0) is 14.2 Å². The maximum Gasteiger partial charge on any atom is 0.181 e. The van der Waals surface area contributed by atoms with Crippen LogP contribution in [0.3, 0.4) is 0 Å². The van der Waals surface area contributed by atoms with Gasteiger partial charge in [-0.1, -0.05) is 6.92 Å². The summed E-state index contributed by atoms with van der Waals surface area (Å²) in [4.78, 5) is 0. The lowest BCUT2D eigenvalue weighted by atomic mass is 10.3. The Kier molecular flexibility index (Phi) is 4.66. The average Bonchev–Trinajstić information content (AvgIpc) is 2.17. The van der Waals surface area contributed by atoms with Crippen LogP contribution < -0.4 is 0 Å². The highest BCUT2D eigenvalue weighted by Crippen LogP contribution is 2.11. The van der Waals surface area contributed by atoms with Crippen molar-refractivity contribution in [2.75, 3.05) is 19.8 Å². The monoisotopic (exact) mass is 190 g/mol. The summed E-state index contributed by atoms with van der Waals surface area (Å²) in [5.74, 6) is 0. The molecular formula is C9H18O4. The van der Waals surface area contributed by atoms with E-state index in [2.05, 4.69) is 0 Å². The summed E-state index contributed by atoms with van der Waals surface area (Å²) in [6.07, 6.45) is 0.482. The van der Waals surface area contributed by atoms with Crippen molar-refractivity contribution in [3.63, 3.8) is 0 Å². The third kappa shape index (κ3) is 3.60. The minimum absolute atomic E-state index is 0.0336. The van der Waals surface area contributed by atoms with Crippen molar-refractivity contribution >= 4 is 0 Å². The van der Waals surface area contributed by atoms with E-state index in [9.17, 15) is 0 Å². The molecule has 1 N–H and O–H groups in total. The summed E-state index contributed by atoms with van der Waals surface area (Å²) in [5.41, 5.74) is 0. The molecule has 0 aliphatic carbocycles. The summed E-state index contributed by atoms with van der Waals surface area (Å²) >= 11 is 0. The zero-order chi connectivity index (χ0) is 9.68. The van der Waals surface area contributed by atoms with Crippen LogP contribution in [-0.4, -0.2) is 43.4 Å². The van der Waals surface area contributed by atoms with Gasteiger partial charge in [0.15, 0.2) is 6.29 Å². The molecule has 13 heavy (non-hydrogen) atoms. The molecule has 0 aromatic heterocycles. The van der Waals surface area contributed by atoms with Gasteiger partial charge in [0.25, 0.3) is 0 Å². The highest BCUT2D eigenvalue weighted by molar-refractivity contribution is 4.60. The highest BCUT2D eigenvalue weighted by atomic mass is 16.7. The lowest BCUT2D eigenvalue weighted by molar-refractivity contribution is -0.250. The first-order valence-electron chi connectivity index (χ1n) is 4.75. The Hall–Kier alpha value is -0.160. The van der Waals surface area contributed by atoms with Crippen molar-refractivity contribution in [1.82, 2.24) is 0 Å². The zero-order valence-corrected chi connectivity index (χ0v) is 8.23. The minimum atomic E-state index is -0.312. The first-order valence-corrected chi connectivity index (χ1v) is 4.75. The van der Waals surface area contributed by atoms with Crippen LogP contribution in [0.4, 0.5) is 0 Å². The van der Waals surface area contributed by atoms with E-state index in [1.807, 2.05) is 13.8 Å². The van der Waals surface area contributed by atoms with Gasteiger partial charge >= 0.3 is 0 Å². The number of hydrogen-bond donors (Lipinski definition) is 1. The second-order valence-electron chi connectivity index (χ2n) is 3.26. The topological polar surface area (TPSA) is 47.9 Å². The molecular weight excluding hydrogens is 172 g/mol. The van der Waals surface area contributed by atoms with E-state index in [1.54, 1.807) is 0 Å². The largest absolute Gasteiger partial charge is 0.394 e. The molecule has 0 aromatic carbocycles. The molecule has 4 heteroatoms. The molecule has 0 saturated carbocycles. The summed E-state index contributed by atoms with van der Waals surface area (Å²) in [7, 11) is 0. The Morgan fingerprint density at radius 2 is 2.23 bits per heavy atom. The fourth-order valence-electron chi connectivity index (χ4n) is 1.14. The van der Waals surface area contributed by atoms with Crippen LogP contribution in [0.25, 0.3) is 0 Å². The van der Waals surface area contributed by atoms with E-state index in [0.717, 1.165) is 6.42 Å². The van der Waals surface area contributed by atoms with Crippen molar-refractivity contribution < 1.29 is 19.3 Å². The maximum absolute atomic E-state index is 8.89. The summed E-state index contributed by atoms with van der Waals surface area (Å²) in [5, 5.41) is 8.89. The van der Waals surface area contributed by atoms with Crippen molar-refractivity contribution in [3.05, 3.63) is 0 Å². The van der Waals surface area contributed by atoms with Gasteiger partial charge in [0.05, 0.1) is 32.0 Å². The van der Waals surface area contributed by atoms with E-state index in [-0.39, 0.29) is 25.1 Å². The fraction of sp³-hybridized carbons (Fsp3) is 1.00. The van der Waals surface area contributed by atoms with Gasteiger partial charge in [-0.3, -0.25) is 0 Å². The molecule has 3 atom stereocenters. The van der Waals surface area contributed by atoms with E-state index in [0.29, 0.717) is 13.2 Å². The Bertz CT molecular complexity index is 128. The SMILES string of the molecule is CCC(CO)OC1COC(C)CO1. The van der Waals surface area contributed by atoms with Gasteiger partial charge in [-0.05, 0) is 13.3 Å². The van der Waals surface area contributed by atoms with Gasteiger partial charge in [-0.15, -0.1) is 0 Å². The molecule has 1 rings (SSSR count). The van der Waals surface area contributed by atoms with Gasteiger partial charge in [0.2, 0.25) is 0 Å². The van der Waals surface area contributed by atoms with E-state index < -0.39 is 0 Å². The van der Waals surface area contributed by atoms with E-state index in [4.69, 9.17) is 19.3 Å². The van der Waals surface area contributed by atoms with Gasteiger partial charge in [0, 0.05) is 0 Å². The molecule has 0 amide bonds. The van der Waals surface area contributed by atoms with Crippen LogP contribution in [0.5, 0.6) is 0 Å². The van der Waals surface area contributed by atoms with Crippen molar-refractivity contribution in [2.45, 2.75) is 38.8 Å². The standard InChI is InChI=1S/C9H18O4/c1-3-8(4-10)13-9-6-11-7(2)5-12-9/h7-10H,3-6H2,1-2H3. The number of rotatable bonds is 4. The molecule has 1 heterocycles. The van der Waals surface area contributed by atoms with Crippen LogP contribution >= 0.6 is 0 Å². The van der Waals surface area contributed by atoms with Gasteiger partial charge in [-0.25, -0.2) is 0 Å². The number of aliphatic hydroxyl groups excluding tert-OH is 1. The van der Waals surface area contributed by atoms with Crippen LogP contribution in [0, 0.1) is 0 Å². The molecule has 1 aliphatic rings. The predicted octanol–water partition coefficient (Wildman–Crippen LogP) is 0.535. The summed E-state index contributed by atoms with van der Waals surface area (Å²) < 4.78 is 16.2. The Morgan fingerprint density at radius 3 is 2.69 bits per heavy atom. The van der Waals surface area contributed by atoms with Gasteiger partial charge in [0.1, 0.15) is 0 Å². The summed E-state index contributed by atoms with van der Waals surface area (Å²) in [6.45, 7) is 4.98. The third-order valence-electron chi connectivity index (χ3n) is 2.04. The minimum Gasteiger partial charge on any atom is -0.394 e. The van der Waals surface area contributed by atoms with E-state index >= 15 is 0 Å². The predicted molar refractivity (Wildman–Crippen MR) is 47.4 cm³/mol. The Morgan fingerprint density at radius 1 is 1.46 bits per heavy atom. The summed E-state index contributed by atoms with van der Waals surface area (Å²) in [6, 6.07) is 0. The molecule has 1 aliphatic heterocycles. The quantitative estimate of drug-likeness (QED) is 0.702. The normalized spacial score (nSPS) is 31.6. The van der Waals surface area contributed by atoms with Gasteiger partial charge < -0.3 is 19.3 Å². The molecule has 0 aromatic rings. The second kappa shape index (κ2) is 5.54. The molecule has 1 saturated heterocycles. The first kappa shape index (κ1) is 10.9. The lowest BCUT2D eigenvalue weighted by Gasteiger charge is -2.29. The molecule has 0 bridgehead atoms. The zero-order valence-electron chi connectivity index (χ0n) is 8.23. The number of ether oxygens (including phenoxy) is 3. The van der Waals surface area contributed by atoms with Crippen molar-refractivity contribution in [2.24, 2.45) is 0 Å². The van der Waals surface area contributed by atoms with Crippen LogP contribution in [0.15, 0.2) is 0 Å². The van der Waals surface area contributed by atoms with Gasteiger partial charge in [-0.2, -0.15) is 0 Å². The maximum atomic E-state index is 8.89. The highest BCUT2D eigenvalue weighted by Gasteiger charge is 2.21. The lowest BCUT2D eigenvalue weighted by Crippen LogP contribution is -2.38. The molecule has 4 nitrogen and oxygen atoms in total. The van der Waals surface area contributed by atoms with E-state index in [1.165, 1.54) is 0 Å². The Labute approximate surface area is 78.8 Å². The average molecular weight is 190 g/mol. The van der Waals surface area contributed by atoms with Crippen molar-refractivity contribution in [1.29, 1.82) is 0 Å². The van der Waals surface area contributed by atoms with Crippen LogP contribution in [0.1, 0.15) is 20.3 Å². The number of hydrogen-bond acceptors (Lipinski definition) is 4. The molecule has 78 valence electrons.